The number of rotatable bonds is 8. The van der Waals surface area contributed by atoms with Gasteiger partial charge in [0.05, 0.1) is 12.6 Å². The van der Waals surface area contributed by atoms with Gasteiger partial charge in [-0.2, -0.15) is 0 Å². The molecule has 22 heavy (non-hydrogen) atoms. The molecule has 1 aliphatic heterocycles. The molecule has 1 heterocycles. The van der Waals surface area contributed by atoms with Crippen LogP contribution >= 0.6 is 0 Å². The van der Waals surface area contributed by atoms with Gasteiger partial charge in [-0.3, -0.25) is 9.59 Å². The molecule has 0 aromatic carbocycles. The number of aliphatic hydroxyl groups excluding tert-OH is 1. The summed E-state index contributed by atoms with van der Waals surface area (Å²) < 4.78 is 4.83. The smallest absolute Gasteiger partial charge is 0.405 e. The van der Waals surface area contributed by atoms with Crippen molar-refractivity contribution >= 4 is 17.9 Å². The van der Waals surface area contributed by atoms with E-state index in [-0.39, 0.29) is 24.3 Å². The van der Waals surface area contributed by atoms with Gasteiger partial charge in [0, 0.05) is 12.5 Å². The molecular weight excluding hydrogens is 290 g/mol. The summed E-state index contributed by atoms with van der Waals surface area (Å²) in [6, 6.07) is -0.563. The molecule has 1 aliphatic rings. The van der Waals surface area contributed by atoms with Crippen LogP contribution < -0.4 is 16.4 Å². The zero-order valence-electron chi connectivity index (χ0n) is 13.0. The SMILES string of the molecule is CC(C)C[C@H](OC(N)=O)C(=O)N[C@H](CO)CC1CCNC1=O. The second kappa shape index (κ2) is 8.57. The number of nitrogens with one attached hydrogen (secondary N) is 2. The molecule has 8 nitrogen and oxygen atoms in total. The van der Waals surface area contributed by atoms with Crippen molar-refractivity contribution in [3.8, 4) is 0 Å². The first-order valence-electron chi connectivity index (χ1n) is 7.48. The zero-order chi connectivity index (χ0) is 16.7. The monoisotopic (exact) mass is 315 g/mol. The van der Waals surface area contributed by atoms with Gasteiger partial charge in [-0.25, -0.2) is 4.79 Å². The van der Waals surface area contributed by atoms with Gasteiger partial charge in [0.15, 0.2) is 6.10 Å². The number of ether oxygens (including phenoxy) is 1. The van der Waals surface area contributed by atoms with Crippen molar-refractivity contribution in [2.24, 2.45) is 17.6 Å². The van der Waals surface area contributed by atoms with E-state index in [1.807, 2.05) is 13.8 Å². The largest absolute Gasteiger partial charge is 0.436 e. The molecule has 0 aromatic rings. The predicted molar refractivity (Wildman–Crippen MR) is 78.7 cm³/mol. The Morgan fingerprint density at radius 1 is 1.50 bits per heavy atom. The van der Waals surface area contributed by atoms with Crippen molar-refractivity contribution in [3.63, 3.8) is 0 Å². The fourth-order valence-electron chi connectivity index (χ4n) is 2.46. The fraction of sp³-hybridized carbons (Fsp3) is 0.786. The van der Waals surface area contributed by atoms with E-state index in [1.54, 1.807) is 0 Å². The van der Waals surface area contributed by atoms with Crippen molar-refractivity contribution in [3.05, 3.63) is 0 Å². The number of hydrogen-bond donors (Lipinski definition) is 4. The molecule has 1 unspecified atom stereocenters. The second-order valence-electron chi connectivity index (χ2n) is 5.96. The van der Waals surface area contributed by atoms with Crippen LogP contribution in [0.2, 0.25) is 0 Å². The van der Waals surface area contributed by atoms with E-state index in [0.29, 0.717) is 25.8 Å². The Morgan fingerprint density at radius 2 is 2.18 bits per heavy atom. The van der Waals surface area contributed by atoms with Crippen molar-refractivity contribution in [2.45, 2.75) is 45.3 Å². The number of primary amides is 1. The molecule has 0 saturated carbocycles. The summed E-state index contributed by atoms with van der Waals surface area (Å²) in [7, 11) is 0. The number of nitrogens with two attached hydrogens (primary N) is 1. The third kappa shape index (κ3) is 5.88. The van der Waals surface area contributed by atoms with Crippen LogP contribution in [-0.4, -0.2) is 48.3 Å². The maximum absolute atomic E-state index is 12.2. The van der Waals surface area contributed by atoms with Gasteiger partial charge in [-0.15, -0.1) is 0 Å². The summed E-state index contributed by atoms with van der Waals surface area (Å²) in [5.41, 5.74) is 4.98. The Balaban J connectivity index is 2.59. The van der Waals surface area contributed by atoms with Crippen LogP contribution in [0.4, 0.5) is 4.79 Å². The molecule has 3 atom stereocenters. The molecule has 0 spiro atoms. The van der Waals surface area contributed by atoms with Gasteiger partial charge in [-0.1, -0.05) is 13.8 Å². The second-order valence-corrected chi connectivity index (χ2v) is 5.96. The highest BCUT2D eigenvalue weighted by molar-refractivity contribution is 5.84. The van der Waals surface area contributed by atoms with Crippen molar-refractivity contribution < 1.29 is 24.2 Å². The van der Waals surface area contributed by atoms with Crippen LogP contribution in [0.15, 0.2) is 0 Å². The highest BCUT2D eigenvalue weighted by Crippen LogP contribution is 2.16. The molecule has 0 bridgehead atoms. The molecule has 8 heteroatoms. The fourth-order valence-corrected chi connectivity index (χ4v) is 2.46. The van der Waals surface area contributed by atoms with Gasteiger partial charge in [0.2, 0.25) is 5.91 Å². The first kappa shape index (κ1) is 18.2. The van der Waals surface area contributed by atoms with E-state index in [2.05, 4.69) is 10.6 Å². The van der Waals surface area contributed by atoms with E-state index < -0.39 is 24.1 Å². The first-order valence-corrected chi connectivity index (χ1v) is 7.48. The van der Waals surface area contributed by atoms with Crippen molar-refractivity contribution in [1.82, 2.24) is 10.6 Å². The predicted octanol–water partition coefficient (Wildman–Crippen LogP) is -0.500. The molecule has 1 saturated heterocycles. The first-order chi connectivity index (χ1) is 10.3. The minimum Gasteiger partial charge on any atom is -0.436 e. The lowest BCUT2D eigenvalue weighted by molar-refractivity contribution is -0.132. The minimum absolute atomic E-state index is 0.0696. The van der Waals surface area contributed by atoms with E-state index in [0.717, 1.165) is 0 Å². The average Bonchev–Trinajstić information content (AvgIpc) is 2.81. The molecule has 0 aromatic heterocycles. The molecule has 3 amide bonds. The summed E-state index contributed by atoms with van der Waals surface area (Å²) in [4.78, 5) is 34.6. The maximum atomic E-state index is 12.2. The standard InChI is InChI=1S/C14H25N3O5/c1-8(2)5-11(22-14(15)21)13(20)17-10(7-18)6-9-3-4-16-12(9)19/h8-11,18H,3-7H2,1-2H3,(H2,15,21)(H,16,19)(H,17,20)/t9?,10-,11-/m0/s1. The Bertz CT molecular complexity index is 413. The Morgan fingerprint density at radius 3 is 2.64 bits per heavy atom. The number of carbonyl (C=O) groups is 3. The van der Waals surface area contributed by atoms with Crippen molar-refractivity contribution in [1.29, 1.82) is 0 Å². The van der Waals surface area contributed by atoms with E-state index in [9.17, 15) is 19.5 Å². The Kier molecular flexibility index (Phi) is 7.10. The molecule has 126 valence electrons. The third-order valence-corrected chi connectivity index (χ3v) is 3.53. The minimum atomic E-state index is -1.02. The normalized spacial score (nSPS) is 20.4. The molecule has 1 fully saturated rings. The van der Waals surface area contributed by atoms with Gasteiger partial charge in [-0.05, 0) is 25.2 Å². The summed E-state index contributed by atoms with van der Waals surface area (Å²) in [6.07, 6.45) is -0.658. The molecule has 5 N–H and O–H groups in total. The van der Waals surface area contributed by atoms with Crippen molar-refractivity contribution in [2.75, 3.05) is 13.2 Å². The lowest BCUT2D eigenvalue weighted by atomic mass is 9.98. The van der Waals surface area contributed by atoms with Crippen LogP contribution in [0, 0.1) is 11.8 Å². The summed E-state index contributed by atoms with van der Waals surface area (Å²) in [5, 5.41) is 14.7. The van der Waals surface area contributed by atoms with Gasteiger partial charge < -0.3 is 26.2 Å². The summed E-state index contributed by atoms with van der Waals surface area (Å²) in [6.45, 7) is 4.09. The zero-order valence-corrected chi connectivity index (χ0v) is 13.0. The summed E-state index contributed by atoms with van der Waals surface area (Å²) in [5.74, 6) is -0.675. The highest BCUT2D eigenvalue weighted by Gasteiger charge is 2.30. The van der Waals surface area contributed by atoms with Gasteiger partial charge >= 0.3 is 6.09 Å². The topological polar surface area (TPSA) is 131 Å². The lowest BCUT2D eigenvalue weighted by Crippen LogP contribution is -2.46. The molecule has 0 aliphatic carbocycles. The Labute approximate surface area is 129 Å². The van der Waals surface area contributed by atoms with Gasteiger partial charge in [0.25, 0.3) is 5.91 Å². The van der Waals surface area contributed by atoms with Crippen LogP contribution in [-0.2, 0) is 14.3 Å². The van der Waals surface area contributed by atoms with Crippen LogP contribution in [0.5, 0.6) is 0 Å². The van der Waals surface area contributed by atoms with E-state index >= 15 is 0 Å². The summed E-state index contributed by atoms with van der Waals surface area (Å²) >= 11 is 0. The van der Waals surface area contributed by atoms with E-state index in [4.69, 9.17) is 10.5 Å². The number of carbonyl (C=O) groups excluding carboxylic acids is 3. The molecule has 0 radical (unpaired) electrons. The van der Waals surface area contributed by atoms with Crippen LogP contribution in [0.25, 0.3) is 0 Å². The Hall–Kier alpha value is -1.83. The lowest BCUT2D eigenvalue weighted by Gasteiger charge is -2.23. The van der Waals surface area contributed by atoms with E-state index in [1.165, 1.54) is 0 Å². The quantitative estimate of drug-likeness (QED) is 0.479. The maximum Gasteiger partial charge on any atom is 0.405 e. The average molecular weight is 315 g/mol. The highest BCUT2D eigenvalue weighted by atomic mass is 16.6. The number of hydrogen-bond acceptors (Lipinski definition) is 5. The number of amides is 3. The molecule has 1 rings (SSSR count). The van der Waals surface area contributed by atoms with Crippen LogP contribution in [0.1, 0.15) is 33.1 Å². The van der Waals surface area contributed by atoms with Gasteiger partial charge in [0.1, 0.15) is 0 Å². The number of aliphatic hydroxyl groups is 1. The molecular formula is C14H25N3O5. The van der Waals surface area contributed by atoms with Crippen LogP contribution in [0.3, 0.4) is 0 Å². The third-order valence-electron chi connectivity index (χ3n) is 3.53.